The van der Waals surface area contributed by atoms with Gasteiger partial charge in [-0.05, 0) is 26.2 Å². The predicted molar refractivity (Wildman–Crippen MR) is 72.5 cm³/mol. The van der Waals surface area contributed by atoms with E-state index in [9.17, 15) is 0 Å². The third-order valence-electron chi connectivity index (χ3n) is 4.34. The molecule has 1 aromatic heterocycles. The molecule has 0 aromatic carbocycles. The van der Waals surface area contributed by atoms with E-state index in [1.54, 1.807) is 0 Å². The maximum Gasteiger partial charge on any atom is 0.109 e. The number of rotatable bonds is 5. The summed E-state index contributed by atoms with van der Waals surface area (Å²) in [7, 11) is 2.06. The second kappa shape index (κ2) is 5.02. The molecule has 1 N–H and O–H groups in total. The van der Waals surface area contributed by atoms with E-state index in [2.05, 4.69) is 33.7 Å². The van der Waals surface area contributed by atoms with Crippen molar-refractivity contribution in [3.05, 3.63) is 18.2 Å². The number of hydrogen-bond acceptors (Lipinski definition) is 3. The summed E-state index contributed by atoms with van der Waals surface area (Å²) in [5.74, 6) is 1.17. The van der Waals surface area contributed by atoms with Crippen LogP contribution in [-0.2, 0) is 13.5 Å². The van der Waals surface area contributed by atoms with E-state index >= 15 is 0 Å². The van der Waals surface area contributed by atoms with Crippen molar-refractivity contribution in [1.82, 2.24) is 19.8 Å². The van der Waals surface area contributed by atoms with Crippen molar-refractivity contribution in [2.24, 2.45) is 7.05 Å². The lowest BCUT2D eigenvalue weighted by Gasteiger charge is -2.19. The highest BCUT2D eigenvalue weighted by Crippen LogP contribution is 2.33. The van der Waals surface area contributed by atoms with E-state index in [1.165, 1.54) is 31.6 Å². The quantitative estimate of drug-likeness (QED) is 0.849. The number of nitrogens with one attached hydrogen (secondary N) is 1. The van der Waals surface area contributed by atoms with Crippen molar-refractivity contribution in [3.8, 4) is 0 Å². The molecule has 4 nitrogen and oxygen atoms in total. The third kappa shape index (κ3) is 2.59. The van der Waals surface area contributed by atoms with Crippen LogP contribution in [0.15, 0.2) is 12.4 Å². The normalized spacial score (nSPS) is 29.0. The van der Waals surface area contributed by atoms with E-state index in [4.69, 9.17) is 0 Å². The minimum absolute atomic E-state index is 0.681. The zero-order valence-corrected chi connectivity index (χ0v) is 11.5. The lowest BCUT2D eigenvalue weighted by atomic mass is 10.2. The van der Waals surface area contributed by atoms with Gasteiger partial charge in [0.2, 0.25) is 0 Å². The average molecular weight is 248 g/mol. The van der Waals surface area contributed by atoms with Gasteiger partial charge in [-0.3, -0.25) is 4.90 Å². The fraction of sp³-hybridized carbons (Fsp3) is 0.786. The summed E-state index contributed by atoms with van der Waals surface area (Å²) in [5.41, 5.74) is 0. The van der Waals surface area contributed by atoms with Crippen LogP contribution in [0.5, 0.6) is 0 Å². The topological polar surface area (TPSA) is 33.1 Å². The van der Waals surface area contributed by atoms with Gasteiger partial charge in [0.1, 0.15) is 5.82 Å². The molecule has 2 atom stereocenters. The summed E-state index contributed by atoms with van der Waals surface area (Å²) in [6.45, 7) is 4.66. The van der Waals surface area contributed by atoms with E-state index in [1.807, 2.05) is 12.4 Å². The number of hydrogen-bond donors (Lipinski definition) is 1. The summed E-state index contributed by atoms with van der Waals surface area (Å²) < 4.78 is 2.11. The molecule has 0 radical (unpaired) electrons. The lowest BCUT2D eigenvalue weighted by molar-refractivity contribution is 0.255. The van der Waals surface area contributed by atoms with Gasteiger partial charge in [0.25, 0.3) is 0 Å². The molecule has 0 bridgehead atoms. The molecular formula is C14H24N4. The Kier molecular flexibility index (Phi) is 3.39. The molecule has 0 amide bonds. The Bertz CT molecular complexity index is 396. The smallest absolute Gasteiger partial charge is 0.109 e. The Morgan fingerprint density at radius 3 is 2.94 bits per heavy atom. The highest BCUT2D eigenvalue weighted by molar-refractivity contribution is 4.97. The molecule has 18 heavy (non-hydrogen) atoms. The number of aryl methyl sites for hydroxylation is 1. The molecule has 2 aliphatic rings. The Hall–Kier alpha value is -0.870. The van der Waals surface area contributed by atoms with Crippen LogP contribution in [0, 0.1) is 0 Å². The molecule has 1 saturated carbocycles. The summed E-state index contributed by atoms with van der Waals surface area (Å²) in [4.78, 5) is 7.05. The second-order valence-corrected chi connectivity index (χ2v) is 5.87. The van der Waals surface area contributed by atoms with Crippen molar-refractivity contribution in [2.75, 3.05) is 13.1 Å². The molecular weight excluding hydrogens is 224 g/mol. The summed E-state index contributed by atoms with van der Waals surface area (Å²) >= 11 is 0. The van der Waals surface area contributed by atoms with Crippen molar-refractivity contribution < 1.29 is 0 Å². The highest BCUT2D eigenvalue weighted by Gasteiger charge is 2.38. The lowest BCUT2D eigenvalue weighted by Crippen LogP contribution is -2.35. The maximum atomic E-state index is 4.36. The first-order chi connectivity index (χ1) is 8.74. The van der Waals surface area contributed by atoms with E-state index in [-0.39, 0.29) is 0 Å². The van der Waals surface area contributed by atoms with Gasteiger partial charge in [0, 0.05) is 57.1 Å². The first-order valence-electron chi connectivity index (χ1n) is 7.19. The van der Waals surface area contributed by atoms with Crippen LogP contribution in [-0.4, -0.2) is 45.7 Å². The molecule has 1 aromatic rings. The van der Waals surface area contributed by atoms with Gasteiger partial charge in [-0.2, -0.15) is 0 Å². The molecule has 2 heterocycles. The summed E-state index contributed by atoms with van der Waals surface area (Å²) in [6.07, 6.45) is 9.06. The minimum Gasteiger partial charge on any atom is -0.338 e. The van der Waals surface area contributed by atoms with Gasteiger partial charge in [-0.25, -0.2) is 4.98 Å². The molecule has 100 valence electrons. The molecule has 1 aliphatic heterocycles. The van der Waals surface area contributed by atoms with E-state index < -0.39 is 0 Å². The first kappa shape index (κ1) is 12.2. The number of nitrogens with zero attached hydrogens (tertiary/aromatic N) is 3. The SMILES string of the molecule is CC1CC(NCCc2nccn2C)CN1C1CC1. The first-order valence-corrected chi connectivity index (χ1v) is 7.19. The molecule has 4 heteroatoms. The molecule has 1 saturated heterocycles. The van der Waals surface area contributed by atoms with Crippen molar-refractivity contribution in [3.63, 3.8) is 0 Å². The van der Waals surface area contributed by atoms with Gasteiger partial charge in [0.15, 0.2) is 0 Å². The van der Waals surface area contributed by atoms with Crippen LogP contribution >= 0.6 is 0 Å². The summed E-state index contributed by atoms with van der Waals surface area (Å²) in [6, 6.07) is 2.35. The molecule has 2 unspecified atom stereocenters. The Morgan fingerprint density at radius 2 is 2.28 bits per heavy atom. The fourth-order valence-corrected chi connectivity index (χ4v) is 3.14. The van der Waals surface area contributed by atoms with Crippen LogP contribution in [0.2, 0.25) is 0 Å². The highest BCUT2D eigenvalue weighted by atomic mass is 15.3. The predicted octanol–water partition coefficient (Wildman–Crippen LogP) is 1.18. The fourth-order valence-electron chi connectivity index (χ4n) is 3.14. The van der Waals surface area contributed by atoms with Gasteiger partial charge in [-0.1, -0.05) is 0 Å². The van der Waals surface area contributed by atoms with Gasteiger partial charge in [-0.15, -0.1) is 0 Å². The molecule has 1 aliphatic carbocycles. The van der Waals surface area contributed by atoms with E-state index in [0.29, 0.717) is 6.04 Å². The van der Waals surface area contributed by atoms with Crippen LogP contribution in [0.1, 0.15) is 32.0 Å². The number of aromatic nitrogens is 2. The number of imidazole rings is 1. The summed E-state index contributed by atoms with van der Waals surface area (Å²) in [5, 5.41) is 3.70. The Labute approximate surface area is 109 Å². The standard InChI is InChI=1S/C14H24N4/c1-11-9-12(10-18(11)13-3-4-13)15-6-5-14-16-7-8-17(14)2/h7-8,11-13,15H,3-6,9-10H2,1-2H3. The van der Waals surface area contributed by atoms with Crippen molar-refractivity contribution in [1.29, 1.82) is 0 Å². The average Bonchev–Trinajstić information content (AvgIpc) is 3.01. The molecule has 3 rings (SSSR count). The zero-order chi connectivity index (χ0) is 12.5. The van der Waals surface area contributed by atoms with Crippen LogP contribution in [0.25, 0.3) is 0 Å². The number of likely N-dealkylation sites (tertiary alicyclic amines) is 1. The third-order valence-corrected chi connectivity index (χ3v) is 4.34. The molecule has 2 fully saturated rings. The van der Waals surface area contributed by atoms with Gasteiger partial charge < -0.3 is 9.88 Å². The van der Waals surface area contributed by atoms with Crippen molar-refractivity contribution >= 4 is 0 Å². The minimum atomic E-state index is 0.681. The largest absolute Gasteiger partial charge is 0.338 e. The van der Waals surface area contributed by atoms with Gasteiger partial charge in [0.05, 0.1) is 0 Å². The van der Waals surface area contributed by atoms with Crippen molar-refractivity contribution in [2.45, 2.75) is 50.7 Å². The van der Waals surface area contributed by atoms with E-state index in [0.717, 1.165) is 25.0 Å². The maximum absolute atomic E-state index is 4.36. The zero-order valence-electron chi connectivity index (χ0n) is 11.5. The van der Waals surface area contributed by atoms with Gasteiger partial charge >= 0.3 is 0 Å². The van der Waals surface area contributed by atoms with Crippen LogP contribution in [0.4, 0.5) is 0 Å². The Balaban J connectivity index is 1.43. The van der Waals surface area contributed by atoms with Crippen LogP contribution in [0.3, 0.4) is 0 Å². The second-order valence-electron chi connectivity index (χ2n) is 5.87. The Morgan fingerprint density at radius 1 is 1.44 bits per heavy atom. The molecule has 0 spiro atoms. The van der Waals surface area contributed by atoms with Crippen LogP contribution < -0.4 is 5.32 Å². The monoisotopic (exact) mass is 248 g/mol.